The molecule has 0 aliphatic carbocycles. The van der Waals surface area contributed by atoms with Gasteiger partial charge < -0.3 is 14.4 Å². The van der Waals surface area contributed by atoms with Crippen molar-refractivity contribution in [3.63, 3.8) is 0 Å². The first-order valence-electron chi connectivity index (χ1n) is 14.5. The molecular formula is C31H59NO2. The Bertz CT molecular complexity index is 484. The maximum Gasteiger partial charge on any atom is 0.172 e. The SMILES string of the molecule is CCCCC/C=C\C/C=C\C/C=C\CCCCCOC(OCCCCCCCC)C(C)N(C)C. The van der Waals surface area contributed by atoms with E-state index in [2.05, 4.69) is 76.2 Å². The molecule has 0 bridgehead atoms. The van der Waals surface area contributed by atoms with Gasteiger partial charge in [-0.2, -0.15) is 0 Å². The van der Waals surface area contributed by atoms with Crippen LogP contribution in [0.4, 0.5) is 0 Å². The molecule has 0 N–H and O–H groups in total. The number of nitrogens with zero attached hydrogens (tertiary/aromatic N) is 1. The van der Waals surface area contributed by atoms with Crippen LogP contribution in [-0.2, 0) is 9.47 Å². The fourth-order valence-electron chi connectivity index (χ4n) is 3.68. The Morgan fingerprint density at radius 2 is 0.971 bits per heavy atom. The van der Waals surface area contributed by atoms with Crippen molar-refractivity contribution < 1.29 is 9.47 Å². The number of ether oxygens (including phenoxy) is 2. The summed E-state index contributed by atoms with van der Waals surface area (Å²) in [4.78, 5) is 2.19. The molecule has 0 amide bonds. The van der Waals surface area contributed by atoms with Crippen LogP contribution in [0.2, 0.25) is 0 Å². The third kappa shape index (κ3) is 22.9. The standard InChI is InChI=1S/C31H59NO2/c1-6-8-10-12-14-15-16-17-18-19-20-21-22-23-25-27-29-34-31(30(3)32(4)5)33-28-26-24-13-11-9-7-2/h14-15,17-18,20-21,30-31H,6-13,16,19,22-29H2,1-5H3/b15-14-,18-17-,21-20-. The fraction of sp³-hybridized carbons (Fsp3) is 0.806. The van der Waals surface area contributed by atoms with Gasteiger partial charge >= 0.3 is 0 Å². The van der Waals surface area contributed by atoms with Crippen LogP contribution in [-0.4, -0.2) is 44.5 Å². The Morgan fingerprint density at radius 3 is 1.50 bits per heavy atom. The van der Waals surface area contributed by atoms with Gasteiger partial charge in [0.25, 0.3) is 0 Å². The largest absolute Gasteiger partial charge is 0.351 e. The van der Waals surface area contributed by atoms with Gasteiger partial charge in [-0.3, -0.25) is 0 Å². The molecule has 0 rings (SSSR count). The molecule has 0 aliphatic rings. The van der Waals surface area contributed by atoms with Crippen LogP contribution in [0.1, 0.15) is 124 Å². The lowest BCUT2D eigenvalue weighted by Gasteiger charge is -2.29. The zero-order valence-corrected chi connectivity index (χ0v) is 23.6. The summed E-state index contributed by atoms with van der Waals surface area (Å²) in [5.41, 5.74) is 0. The van der Waals surface area contributed by atoms with Crippen molar-refractivity contribution in [2.24, 2.45) is 0 Å². The normalized spacial score (nSPS) is 14.3. The minimum atomic E-state index is -0.122. The number of unbranched alkanes of at least 4 members (excludes halogenated alkanes) is 11. The van der Waals surface area contributed by atoms with Crippen molar-refractivity contribution in [3.8, 4) is 0 Å². The number of likely N-dealkylation sites (N-methyl/N-ethyl adjacent to an activating group) is 1. The molecule has 0 heterocycles. The lowest BCUT2D eigenvalue weighted by Crippen LogP contribution is -2.40. The predicted molar refractivity (Wildman–Crippen MR) is 151 cm³/mol. The van der Waals surface area contributed by atoms with E-state index < -0.39 is 0 Å². The van der Waals surface area contributed by atoms with Gasteiger partial charge in [0.05, 0.1) is 6.04 Å². The van der Waals surface area contributed by atoms with E-state index in [0.717, 1.165) is 45.3 Å². The van der Waals surface area contributed by atoms with E-state index in [4.69, 9.17) is 9.47 Å². The molecule has 0 aromatic rings. The van der Waals surface area contributed by atoms with Crippen molar-refractivity contribution >= 4 is 0 Å². The van der Waals surface area contributed by atoms with E-state index in [-0.39, 0.29) is 12.3 Å². The van der Waals surface area contributed by atoms with Crippen LogP contribution in [0.25, 0.3) is 0 Å². The highest BCUT2D eigenvalue weighted by molar-refractivity contribution is 4.97. The Hall–Kier alpha value is -0.900. The van der Waals surface area contributed by atoms with Crippen molar-refractivity contribution in [2.75, 3.05) is 27.3 Å². The molecular weight excluding hydrogens is 418 g/mol. The molecule has 200 valence electrons. The van der Waals surface area contributed by atoms with Crippen LogP contribution < -0.4 is 0 Å². The Labute approximate surface area is 214 Å². The van der Waals surface area contributed by atoms with Gasteiger partial charge in [0.1, 0.15) is 0 Å². The first kappa shape index (κ1) is 33.1. The Morgan fingerprint density at radius 1 is 0.559 bits per heavy atom. The number of hydrogen-bond donors (Lipinski definition) is 0. The van der Waals surface area contributed by atoms with E-state index in [0.29, 0.717) is 0 Å². The van der Waals surface area contributed by atoms with Crippen LogP contribution in [0.5, 0.6) is 0 Å². The molecule has 0 aromatic heterocycles. The third-order valence-corrected chi connectivity index (χ3v) is 6.30. The van der Waals surface area contributed by atoms with Crippen LogP contribution in [0.15, 0.2) is 36.5 Å². The molecule has 0 aromatic carbocycles. The highest BCUT2D eigenvalue weighted by Gasteiger charge is 2.20. The van der Waals surface area contributed by atoms with Gasteiger partial charge in [-0.1, -0.05) is 102 Å². The molecule has 0 spiro atoms. The molecule has 3 heteroatoms. The second-order valence-corrected chi connectivity index (χ2v) is 9.81. The Balaban J connectivity index is 3.77. The lowest BCUT2D eigenvalue weighted by atomic mass is 10.1. The predicted octanol–water partition coefficient (Wildman–Crippen LogP) is 9.25. The maximum absolute atomic E-state index is 6.13. The van der Waals surface area contributed by atoms with Gasteiger partial charge in [-0.05, 0) is 72.4 Å². The molecule has 0 aliphatic heterocycles. The molecule has 34 heavy (non-hydrogen) atoms. The molecule has 0 saturated carbocycles. The maximum atomic E-state index is 6.13. The average molecular weight is 478 g/mol. The van der Waals surface area contributed by atoms with Gasteiger partial charge in [0.15, 0.2) is 6.29 Å². The zero-order valence-electron chi connectivity index (χ0n) is 23.6. The summed E-state index contributed by atoms with van der Waals surface area (Å²) in [7, 11) is 4.20. The van der Waals surface area contributed by atoms with Crippen molar-refractivity contribution in [1.29, 1.82) is 0 Å². The number of hydrogen-bond acceptors (Lipinski definition) is 3. The third-order valence-electron chi connectivity index (χ3n) is 6.30. The highest BCUT2D eigenvalue weighted by Crippen LogP contribution is 2.11. The summed E-state index contributed by atoms with van der Waals surface area (Å²) in [5.74, 6) is 0. The summed E-state index contributed by atoms with van der Waals surface area (Å²) < 4.78 is 12.2. The molecule has 0 saturated heterocycles. The minimum absolute atomic E-state index is 0.122. The minimum Gasteiger partial charge on any atom is -0.351 e. The first-order chi connectivity index (χ1) is 16.6. The number of rotatable bonds is 25. The quantitative estimate of drug-likeness (QED) is 0.0742. The molecule has 0 radical (unpaired) electrons. The van der Waals surface area contributed by atoms with E-state index in [1.54, 1.807) is 0 Å². The van der Waals surface area contributed by atoms with Gasteiger partial charge in [0.2, 0.25) is 0 Å². The van der Waals surface area contributed by atoms with Crippen LogP contribution >= 0.6 is 0 Å². The van der Waals surface area contributed by atoms with Crippen molar-refractivity contribution in [2.45, 2.75) is 136 Å². The second-order valence-electron chi connectivity index (χ2n) is 9.81. The van der Waals surface area contributed by atoms with E-state index in [1.165, 1.54) is 70.6 Å². The lowest BCUT2D eigenvalue weighted by molar-refractivity contribution is -0.172. The summed E-state index contributed by atoms with van der Waals surface area (Å²) >= 11 is 0. The summed E-state index contributed by atoms with van der Waals surface area (Å²) in [6.07, 6.45) is 33.5. The van der Waals surface area contributed by atoms with E-state index >= 15 is 0 Å². The molecule has 2 atom stereocenters. The van der Waals surface area contributed by atoms with Gasteiger partial charge in [-0.15, -0.1) is 0 Å². The first-order valence-corrected chi connectivity index (χ1v) is 14.5. The van der Waals surface area contributed by atoms with Crippen LogP contribution in [0.3, 0.4) is 0 Å². The zero-order chi connectivity index (χ0) is 25.1. The van der Waals surface area contributed by atoms with Crippen molar-refractivity contribution in [1.82, 2.24) is 4.90 Å². The van der Waals surface area contributed by atoms with E-state index in [9.17, 15) is 0 Å². The average Bonchev–Trinajstić information content (AvgIpc) is 2.83. The summed E-state index contributed by atoms with van der Waals surface area (Å²) in [5, 5.41) is 0. The van der Waals surface area contributed by atoms with Crippen molar-refractivity contribution in [3.05, 3.63) is 36.5 Å². The summed E-state index contributed by atoms with van der Waals surface area (Å²) in [6.45, 7) is 8.31. The molecule has 0 fully saturated rings. The van der Waals surface area contributed by atoms with Gasteiger partial charge in [-0.25, -0.2) is 0 Å². The summed E-state index contributed by atoms with van der Waals surface area (Å²) in [6, 6.07) is 0.271. The monoisotopic (exact) mass is 477 g/mol. The fourth-order valence-corrected chi connectivity index (χ4v) is 3.68. The highest BCUT2D eigenvalue weighted by atomic mass is 16.7. The topological polar surface area (TPSA) is 21.7 Å². The second kappa shape index (κ2) is 26.7. The Kier molecular flexibility index (Phi) is 26.0. The molecule has 2 unspecified atom stereocenters. The number of allylic oxidation sites excluding steroid dienone is 6. The molecule has 3 nitrogen and oxygen atoms in total. The van der Waals surface area contributed by atoms with E-state index in [1.807, 2.05) is 0 Å². The smallest absolute Gasteiger partial charge is 0.172 e. The van der Waals surface area contributed by atoms with Gasteiger partial charge in [0, 0.05) is 13.2 Å². The van der Waals surface area contributed by atoms with Crippen LogP contribution in [0, 0.1) is 0 Å².